The molecule has 9 heteroatoms. The Bertz CT molecular complexity index is 1190. The van der Waals surface area contributed by atoms with E-state index in [0.717, 1.165) is 6.54 Å². The van der Waals surface area contributed by atoms with Crippen LogP contribution < -0.4 is 4.74 Å². The number of aliphatic hydroxyl groups is 1. The quantitative estimate of drug-likeness (QED) is 0.171. The fraction of sp³-hybridized carbons (Fsp3) is 0.370. The first-order valence-electron chi connectivity index (χ1n) is 11.7. The van der Waals surface area contributed by atoms with Crippen LogP contribution in [0.1, 0.15) is 45.3 Å². The SMILES string of the molecule is C=CCOc1ccc([C@@H]2/C(=C(\O)c3c(C)[nH]c(C(=O)OC)c3C)C(=O)C(=O)N2CCCN(C)C)cc1. The minimum atomic E-state index is -0.795. The van der Waals surface area contributed by atoms with Crippen LogP contribution >= 0.6 is 0 Å². The maximum atomic E-state index is 13.3. The molecule has 1 aromatic carbocycles. The van der Waals surface area contributed by atoms with E-state index in [2.05, 4.69) is 11.6 Å². The molecule has 2 N–H and O–H groups in total. The predicted molar refractivity (Wildman–Crippen MR) is 136 cm³/mol. The summed E-state index contributed by atoms with van der Waals surface area (Å²) in [6.07, 6.45) is 2.28. The van der Waals surface area contributed by atoms with Crippen molar-refractivity contribution in [1.29, 1.82) is 0 Å². The van der Waals surface area contributed by atoms with E-state index in [1.807, 2.05) is 19.0 Å². The predicted octanol–water partition coefficient (Wildman–Crippen LogP) is 3.36. The number of esters is 1. The molecule has 2 heterocycles. The Kier molecular flexibility index (Phi) is 8.37. The molecule has 3 rings (SSSR count). The summed E-state index contributed by atoms with van der Waals surface area (Å²) in [5.41, 5.74) is 2.03. The molecule has 1 aromatic heterocycles. The zero-order chi connectivity index (χ0) is 26.6. The summed E-state index contributed by atoms with van der Waals surface area (Å²) in [5, 5.41) is 11.4. The van der Waals surface area contributed by atoms with Gasteiger partial charge in [-0.05, 0) is 64.2 Å². The average molecular weight is 496 g/mol. The van der Waals surface area contributed by atoms with E-state index in [-0.39, 0.29) is 17.0 Å². The standard InChI is InChI=1S/C27H33N3O6/c1-7-15-36-19-11-9-18(10-12-19)23-21(25(32)26(33)30(23)14-8-13-29(4)5)24(31)20-16(2)22(27(34)35-6)28-17(20)3/h7,9-12,23,28,31H,1,8,13-15H2,2-6H3/b24-21+/t23-/m1/s1. The number of carbonyl (C=O) groups excluding carboxylic acids is 3. The van der Waals surface area contributed by atoms with E-state index in [9.17, 15) is 19.5 Å². The average Bonchev–Trinajstić information content (AvgIpc) is 3.29. The van der Waals surface area contributed by atoms with Crippen LogP contribution in [0.25, 0.3) is 5.76 Å². The van der Waals surface area contributed by atoms with Gasteiger partial charge < -0.3 is 29.4 Å². The van der Waals surface area contributed by atoms with Crippen LogP contribution in [-0.2, 0) is 14.3 Å². The minimum Gasteiger partial charge on any atom is -0.507 e. The summed E-state index contributed by atoms with van der Waals surface area (Å²) in [4.78, 5) is 45.0. The lowest BCUT2D eigenvalue weighted by molar-refractivity contribution is -0.139. The van der Waals surface area contributed by atoms with Crippen molar-refractivity contribution in [2.24, 2.45) is 0 Å². The number of aromatic nitrogens is 1. The molecule has 36 heavy (non-hydrogen) atoms. The van der Waals surface area contributed by atoms with Gasteiger partial charge in [0.1, 0.15) is 23.8 Å². The number of aryl methyl sites for hydroxylation is 1. The Morgan fingerprint density at radius 1 is 1.22 bits per heavy atom. The van der Waals surface area contributed by atoms with Crippen LogP contribution in [0.5, 0.6) is 5.75 Å². The number of H-pyrrole nitrogens is 1. The summed E-state index contributed by atoms with van der Waals surface area (Å²) in [5.74, 6) is -1.75. The van der Waals surface area contributed by atoms with Gasteiger partial charge in [-0.25, -0.2) is 4.79 Å². The van der Waals surface area contributed by atoms with Crippen LogP contribution in [-0.4, -0.2) is 78.5 Å². The molecule has 0 radical (unpaired) electrons. The van der Waals surface area contributed by atoms with Crippen molar-refractivity contribution in [2.75, 3.05) is 40.9 Å². The number of ether oxygens (including phenoxy) is 2. The van der Waals surface area contributed by atoms with Gasteiger partial charge in [0.15, 0.2) is 0 Å². The van der Waals surface area contributed by atoms with Gasteiger partial charge in [-0.15, -0.1) is 0 Å². The van der Waals surface area contributed by atoms with E-state index >= 15 is 0 Å². The number of benzene rings is 1. The van der Waals surface area contributed by atoms with Gasteiger partial charge in [0, 0.05) is 17.8 Å². The number of methoxy groups -OCH3 is 1. The molecule has 9 nitrogen and oxygen atoms in total. The fourth-order valence-corrected chi connectivity index (χ4v) is 4.46. The molecule has 2 aromatic rings. The van der Waals surface area contributed by atoms with E-state index < -0.39 is 23.7 Å². The molecule has 0 bridgehead atoms. The van der Waals surface area contributed by atoms with Gasteiger partial charge in [0.05, 0.1) is 18.7 Å². The molecule has 0 aliphatic carbocycles. The van der Waals surface area contributed by atoms with Crippen LogP contribution in [0.2, 0.25) is 0 Å². The lowest BCUT2D eigenvalue weighted by Gasteiger charge is -2.26. The van der Waals surface area contributed by atoms with Crippen LogP contribution in [0.4, 0.5) is 0 Å². The second kappa shape index (κ2) is 11.3. The second-order valence-electron chi connectivity index (χ2n) is 8.93. The molecule has 1 fully saturated rings. The monoisotopic (exact) mass is 495 g/mol. The highest BCUT2D eigenvalue weighted by molar-refractivity contribution is 6.46. The van der Waals surface area contributed by atoms with Crippen molar-refractivity contribution < 1.29 is 29.0 Å². The number of carbonyl (C=O) groups is 3. The summed E-state index contributed by atoms with van der Waals surface area (Å²) in [7, 11) is 5.13. The molecule has 1 aliphatic rings. The van der Waals surface area contributed by atoms with Gasteiger partial charge in [0.2, 0.25) is 0 Å². The third-order valence-electron chi connectivity index (χ3n) is 6.17. The lowest BCUT2D eigenvalue weighted by atomic mass is 9.94. The normalized spacial score (nSPS) is 17.1. The largest absolute Gasteiger partial charge is 0.507 e. The Morgan fingerprint density at radius 2 is 1.89 bits per heavy atom. The van der Waals surface area contributed by atoms with Crippen molar-refractivity contribution >= 4 is 23.4 Å². The van der Waals surface area contributed by atoms with Crippen molar-refractivity contribution in [2.45, 2.75) is 26.3 Å². The summed E-state index contributed by atoms with van der Waals surface area (Å²) in [6.45, 7) is 8.37. The third kappa shape index (κ3) is 5.21. The minimum absolute atomic E-state index is 0.0220. The van der Waals surface area contributed by atoms with Crippen molar-refractivity contribution in [1.82, 2.24) is 14.8 Å². The smallest absolute Gasteiger partial charge is 0.354 e. The van der Waals surface area contributed by atoms with Crippen molar-refractivity contribution in [3.8, 4) is 5.75 Å². The first-order valence-corrected chi connectivity index (χ1v) is 11.7. The molecular formula is C27H33N3O6. The highest BCUT2D eigenvalue weighted by Crippen LogP contribution is 2.41. The summed E-state index contributed by atoms with van der Waals surface area (Å²) in [6, 6.07) is 6.26. The summed E-state index contributed by atoms with van der Waals surface area (Å²) < 4.78 is 10.4. The van der Waals surface area contributed by atoms with Gasteiger partial charge in [-0.3, -0.25) is 9.59 Å². The molecule has 0 spiro atoms. The molecule has 1 saturated heterocycles. The van der Waals surface area contributed by atoms with Gasteiger partial charge in [-0.2, -0.15) is 0 Å². The number of nitrogens with zero attached hydrogens (tertiary/aromatic N) is 2. The zero-order valence-electron chi connectivity index (χ0n) is 21.4. The zero-order valence-corrected chi connectivity index (χ0v) is 21.4. The van der Waals surface area contributed by atoms with Gasteiger partial charge in [-0.1, -0.05) is 24.8 Å². The molecule has 1 aliphatic heterocycles. The van der Waals surface area contributed by atoms with Crippen LogP contribution in [0.15, 0.2) is 42.5 Å². The topological polar surface area (TPSA) is 112 Å². The molecule has 0 saturated carbocycles. The maximum Gasteiger partial charge on any atom is 0.354 e. The highest BCUT2D eigenvalue weighted by atomic mass is 16.5. The number of amides is 1. The van der Waals surface area contributed by atoms with Crippen LogP contribution in [0, 0.1) is 13.8 Å². The number of Topliss-reactive ketones (excluding diaryl/α,β-unsaturated/α-hetero) is 1. The Labute approximate surface area is 211 Å². The van der Waals surface area contributed by atoms with E-state index in [1.54, 1.807) is 44.2 Å². The number of hydrogen-bond acceptors (Lipinski definition) is 7. The number of hydrogen-bond donors (Lipinski definition) is 2. The van der Waals surface area contributed by atoms with E-state index in [4.69, 9.17) is 9.47 Å². The first kappa shape index (κ1) is 26.7. The molecule has 0 unspecified atom stereocenters. The second-order valence-corrected chi connectivity index (χ2v) is 8.93. The van der Waals surface area contributed by atoms with E-state index in [1.165, 1.54) is 12.0 Å². The lowest BCUT2D eigenvalue weighted by Crippen LogP contribution is -2.32. The van der Waals surface area contributed by atoms with Gasteiger partial charge in [0.25, 0.3) is 11.7 Å². The highest BCUT2D eigenvalue weighted by Gasteiger charge is 2.46. The maximum absolute atomic E-state index is 13.3. The Hall–Kier alpha value is -3.85. The number of aromatic amines is 1. The van der Waals surface area contributed by atoms with E-state index in [0.29, 0.717) is 47.7 Å². The van der Waals surface area contributed by atoms with Gasteiger partial charge >= 0.3 is 5.97 Å². The number of likely N-dealkylation sites (tertiary alicyclic amines) is 1. The Morgan fingerprint density at radius 3 is 2.47 bits per heavy atom. The fourth-order valence-electron chi connectivity index (χ4n) is 4.46. The number of ketones is 1. The number of nitrogens with one attached hydrogen (secondary N) is 1. The van der Waals surface area contributed by atoms with Crippen molar-refractivity contribution in [3.63, 3.8) is 0 Å². The summed E-state index contributed by atoms with van der Waals surface area (Å²) >= 11 is 0. The first-order chi connectivity index (χ1) is 17.1. The number of aliphatic hydroxyl groups excluding tert-OH is 1. The third-order valence-corrected chi connectivity index (χ3v) is 6.17. The molecule has 1 atom stereocenters. The number of rotatable bonds is 10. The molecule has 192 valence electrons. The van der Waals surface area contributed by atoms with Crippen LogP contribution in [0.3, 0.4) is 0 Å². The molecule has 1 amide bonds. The van der Waals surface area contributed by atoms with Crippen molar-refractivity contribution in [3.05, 3.63) is 70.6 Å². The molecular weight excluding hydrogens is 462 g/mol. The Balaban J connectivity index is 2.14.